The van der Waals surface area contributed by atoms with Gasteiger partial charge in [0.1, 0.15) is 0 Å². The van der Waals surface area contributed by atoms with Crippen LogP contribution < -0.4 is 0 Å². The molecule has 4 heteroatoms. The average molecular weight is 364 g/mol. The molecule has 2 atom stereocenters. The molecule has 0 rings (SSSR count). The molecule has 23 heavy (non-hydrogen) atoms. The molecule has 0 bridgehead atoms. The number of carbonyl (C=O) groups excluding carboxylic acids is 1. The molecular formula is C19H37CrNO2. The summed E-state index contributed by atoms with van der Waals surface area (Å²) in [6, 6.07) is -0.135. The van der Waals surface area contributed by atoms with Crippen molar-refractivity contribution >= 4 is 6.08 Å². The number of hydrogen-bond donors (Lipinski definition) is 0. The van der Waals surface area contributed by atoms with Crippen LogP contribution in [0.4, 0.5) is 0 Å². The van der Waals surface area contributed by atoms with Crippen LogP contribution in [0, 0.1) is 13.8 Å². The van der Waals surface area contributed by atoms with Gasteiger partial charge in [0.2, 0.25) is 6.08 Å². The number of unbranched alkanes of at least 4 members (excludes halogenated alkanes) is 7. The Morgan fingerprint density at radius 1 is 1.00 bits per heavy atom. The number of nitrogens with zero attached hydrogens (tertiary/aromatic N) is 1. The van der Waals surface area contributed by atoms with E-state index in [1.54, 1.807) is 6.08 Å². The molecule has 2 unspecified atom stereocenters. The maximum Gasteiger partial charge on any atom is 2.00 e. The third-order valence-corrected chi connectivity index (χ3v) is 3.41. The molecule has 0 radical (unpaired) electrons. The van der Waals surface area contributed by atoms with Crippen LogP contribution in [0.25, 0.3) is 0 Å². The second kappa shape index (κ2) is 24.1. The van der Waals surface area contributed by atoms with Gasteiger partial charge in [0.05, 0.1) is 12.1 Å². The van der Waals surface area contributed by atoms with Crippen LogP contribution in [0.2, 0.25) is 0 Å². The fourth-order valence-electron chi connectivity index (χ4n) is 2.10. The molecule has 0 aliphatic rings. The Labute approximate surface area is 155 Å². The predicted molar refractivity (Wildman–Crippen MR) is 95.6 cm³/mol. The van der Waals surface area contributed by atoms with Crippen molar-refractivity contribution in [1.82, 2.24) is 0 Å². The van der Waals surface area contributed by atoms with Crippen molar-refractivity contribution in [2.75, 3.05) is 6.61 Å². The number of ether oxygens (including phenoxy) is 1. The van der Waals surface area contributed by atoms with Crippen molar-refractivity contribution in [3.05, 3.63) is 13.8 Å². The molecule has 0 aromatic heterocycles. The quantitative estimate of drug-likeness (QED) is 0.182. The summed E-state index contributed by atoms with van der Waals surface area (Å²) in [5.41, 5.74) is 0. The van der Waals surface area contributed by atoms with Crippen LogP contribution in [0.1, 0.15) is 85.0 Å². The minimum absolute atomic E-state index is 0. The van der Waals surface area contributed by atoms with Crippen LogP contribution in [0.3, 0.4) is 0 Å². The number of hydrogen-bond acceptors (Lipinski definition) is 3. The summed E-state index contributed by atoms with van der Waals surface area (Å²) >= 11 is 0. The van der Waals surface area contributed by atoms with Gasteiger partial charge in [0, 0.05) is 6.61 Å². The molecule has 0 amide bonds. The molecule has 0 aromatic carbocycles. The van der Waals surface area contributed by atoms with E-state index >= 15 is 0 Å². The number of aliphatic imine (C=N–C) groups is 1. The summed E-state index contributed by atoms with van der Waals surface area (Å²) in [7, 11) is 0. The molecule has 0 spiro atoms. The summed E-state index contributed by atoms with van der Waals surface area (Å²) in [5.74, 6) is 0. The summed E-state index contributed by atoms with van der Waals surface area (Å²) < 4.78 is 5.72. The second-order valence-corrected chi connectivity index (χ2v) is 5.63. The zero-order valence-corrected chi connectivity index (χ0v) is 16.8. The Morgan fingerprint density at radius 3 is 1.91 bits per heavy atom. The Bertz CT molecular complexity index is 256. The molecule has 136 valence electrons. The fraction of sp³-hybridized carbons (Fsp3) is 0.842. The molecule has 0 N–H and O–H groups in total. The maximum absolute atomic E-state index is 10.2. The molecule has 3 nitrogen and oxygen atoms in total. The Morgan fingerprint density at radius 2 is 1.48 bits per heavy atom. The van der Waals surface area contributed by atoms with Gasteiger partial charge in [-0.1, -0.05) is 58.8 Å². The van der Waals surface area contributed by atoms with Gasteiger partial charge in [-0.3, -0.25) is 0 Å². The van der Waals surface area contributed by atoms with Crippen LogP contribution in [0.15, 0.2) is 4.99 Å². The van der Waals surface area contributed by atoms with Crippen molar-refractivity contribution in [2.24, 2.45) is 4.99 Å². The molecule has 0 aliphatic carbocycles. The molecule has 0 fully saturated rings. The van der Waals surface area contributed by atoms with Crippen LogP contribution in [0.5, 0.6) is 0 Å². The molecular weight excluding hydrogens is 326 g/mol. The summed E-state index contributed by atoms with van der Waals surface area (Å²) in [5, 5.41) is 0. The van der Waals surface area contributed by atoms with Gasteiger partial charge in [-0.05, 0) is 13.3 Å². The first-order chi connectivity index (χ1) is 10.7. The molecule has 0 aromatic rings. The van der Waals surface area contributed by atoms with Crippen LogP contribution in [-0.4, -0.2) is 24.8 Å². The first kappa shape index (κ1) is 27.7. The van der Waals surface area contributed by atoms with Gasteiger partial charge in [-0.15, -0.1) is 0 Å². The van der Waals surface area contributed by atoms with E-state index in [4.69, 9.17) is 4.74 Å². The van der Waals surface area contributed by atoms with Crippen molar-refractivity contribution < 1.29 is 26.9 Å². The van der Waals surface area contributed by atoms with E-state index in [1.165, 1.54) is 44.9 Å². The maximum atomic E-state index is 10.2. The minimum Gasteiger partial charge on any atom is -0.379 e. The van der Waals surface area contributed by atoms with Crippen LogP contribution in [-0.2, 0) is 26.9 Å². The Balaban J connectivity index is -0.000000920. The number of rotatable bonds is 13. The topological polar surface area (TPSA) is 38.7 Å². The zero-order valence-electron chi connectivity index (χ0n) is 15.5. The Kier molecular flexibility index (Phi) is 29.1. The van der Waals surface area contributed by atoms with Gasteiger partial charge < -0.3 is 18.6 Å². The van der Waals surface area contributed by atoms with Gasteiger partial charge >= 0.3 is 17.4 Å². The molecule has 0 saturated heterocycles. The zero-order chi connectivity index (χ0) is 17.1. The monoisotopic (exact) mass is 363 g/mol. The third kappa shape index (κ3) is 21.9. The fourth-order valence-corrected chi connectivity index (χ4v) is 2.10. The van der Waals surface area contributed by atoms with E-state index in [0.717, 1.165) is 19.4 Å². The minimum atomic E-state index is -0.135. The second-order valence-electron chi connectivity index (χ2n) is 5.63. The van der Waals surface area contributed by atoms with Gasteiger partial charge in [0.15, 0.2) is 0 Å². The molecule has 0 aliphatic heterocycles. The van der Waals surface area contributed by atoms with Gasteiger partial charge in [-0.25, -0.2) is 9.79 Å². The predicted octanol–water partition coefficient (Wildman–Crippen LogP) is 5.69. The van der Waals surface area contributed by atoms with E-state index < -0.39 is 0 Å². The average Bonchev–Trinajstić information content (AvgIpc) is 2.50. The molecule has 0 heterocycles. The van der Waals surface area contributed by atoms with E-state index in [2.05, 4.69) is 25.8 Å². The summed E-state index contributed by atoms with van der Waals surface area (Å²) in [6.45, 7) is 14.2. The normalized spacial score (nSPS) is 12.2. The van der Waals surface area contributed by atoms with E-state index in [-0.39, 0.29) is 29.5 Å². The smallest absolute Gasteiger partial charge is 0.379 e. The van der Waals surface area contributed by atoms with Gasteiger partial charge in [0.25, 0.3) is 0 Å². The Hall–Kier alpha value is -0.128. The van der Waals surface area contributed by atoms with Gasteiger partial charge in [-0.2, -0.15) is 12.8 Å². The largest absolute Gasteiger partial charge is 2.00 e. The molecule has 0 saturated carbocycles. The summed E-state index contributed by atoms with van der Waals surface area (Å²) in [6.07, 6.45) is 13.5. The first-order valence-corrected chi connectivity index (χ1v) is 8.94. The van der Waals surface area contributed by atoms with Crippen molar-refractivity contribution in [2.45, 2.75) is 97.1 Å². The van der Waals surface area contributed by atoms with Crippen molar-refractivity contribution in [3.63, 3.8) is 0 Å². The van der Waals surface area contributed by atoms with E-state index in [9.17, 15) is 4.79 Å². The van der Waals surface area contributed by atoms with E-state index in [1.807, 2.05) is 13.8 Å². The SMILES string of the molecule is [CH2-]CC.[CH2-]CC(OCCCCCCCCCC)C(C)N=C=O.[Cr+2]. The van der Waals surface area contributed by atoms with Crippen molar-refractivity contribution in [3.8, 4) is 0 Å². The standard InChI is InChI=1S/C16H30NO2.C3H7.Cr/c1-4-6-7-8-9-10-11-12-13-19-16(5-2)15(3)17-14-18;1-3-2;/h15-16H,2,4-13H2,1,3H3;1,3H2,2H3;/q2*-1;+2. The third-order valence-electron chi connectivity index (χ3n) is 3.41. The first-order valence-electron chi connectivity index (χ1n) is 8.94. The summed E-state index contributed by atoms with van der Waals surface area (Å²) in [4.78, 5) is 13.9. The number of isocyanates is 1. The van der Waals surface area contributed by atoms with Crippen LogP contribution >= 0.6 is 0 Å². The van der Waals surface area contributed by atoms with Crippen molar-refractivity contribution in [1.29, 1.82) is 0 Å². The van der Waals surface area contributed by atoms with E-state index in [0.29, 0.717) is 6.42 Å².